The molecule has 1 aliphatic carbocycles. The molecule has 1 heterocycles. The summed E-state index contributed by atoms with van der Waals surface area (Å²) in [5.74, 6) is 1.48. The summed E-state index contributed by atoms with van der Waals surface area (Å²) in [7, 11) is 0. The van der Waals surface area contributed by atoms with Crippen LogP contribution in [0.3, 0.4) is 0 Å². The largest absolute Gasteiger partial charge is 0.491 e. The number of amides is 1. The topological polar surface area (TPSA) is 68.5 Å². The van der Waals surface area contributed by atoms with Gasteiger partial charge in [0.1, 0.15) is 5.75 Å². The Morgan fingerprint density at radius 2 is 1.67 bits per heavy atom. The van der Waals surface area contributed by atoms with E-state index in [1.807, 2.05) is 68.1 Å². The fraction of sp³-hybridized carbons (Fsp3) is 0.419. The number of hydrogen-bond donors (Lipinski definition) is 1. The van der Waals surface area contributed by atoms with Crippen LogP contribution in [0.1, 0.15) is 57.8 Å². The summed E-state index contributed by atoms with van der Waals surface area (Å²) in [5.41, 5.74) is 11.6. The van der Waals surface area contributed by atoms with E-state index in [9.17, 15) is 4.79 Å². The molecule has 0 unspecified atom stereocenters. The van der Waals surface area contributed by atoms with Crippen LogP contribution < -0.4 is 15.4 Å². The molecule has 36 heavy (non-hydrogen) atoms. The molecule has 4 atom stereocenters. The van der Waals surface area contributed by atoms with E-state index in [1.165, 1.54) is 0 Å². The van der Waals surface area contributed by atoms with Gasteiger partial charge in [-0.1, -0.05) is 50.6 Å². The Balaban J connectivity index is 1.54. The van der Waals surface area contributed by atoms with Gasteiger partial charge in [-0.3, -0.25) is 9.78 Å². The molecule has 4 rings (SSSR count). The van der Waals surface area contributed by atoms with Crippen molar-refractivity contribution in [3.8, 4) is 16.9 Å². The van der Waals surface area contributed by atoms with Gasteiger partial charge in [-0.05, 0) is 80.6 Å². The van der Waals surface area contributed by atoms with Crippen molar-refractivity contribution in [1.82, 2.24) is 4.98 Å². The summed E-state index contributed by atoms with van der Waals surface area (Å²) in [6.07, 6.45) is 1.97. The molecule has 0 bridgehead atoms. The van der Waals surface area contributed by atoms with E-state index in [0.29, 0.717) is 12.5 Å². The van der Waals surface area contributed by atoms with Crippen LogP contribution in [-0.4, -0.2) is 29.6 Å². The van der Waals surface area contributed by atoms with Crippen LogP contribution in [0.15, 0.2) is 66.7 Å². The van der Waals surface area contributed by atoms with E-state index in [1.54, 1.807) is 0 Å². The zero-order valence-electron chi connectivity index (χ0n) is 22.1. The van der Waals surface area contributed by atoms with Gasteiger partial charge >= 0.3 is 0 Å². The summed E-state index contributed by atoms with van der Waals surface area (Å²) in [5, 5.41) is 0. The van der Waals surface area contributed by atoms with Crippen LogP contribution in [0.2, 0.25) is 0 Å². The molecule has 3 aromatic rings. The monoisotopic (exact) mass is 485 g/mol. The number of carbonyl (C=O) groups is 1. The minimum atomic E-state index is -0.0820. The van der Waals surface area contributed by atoms with Crippen molar-refractivity contribution in [2.24, 2.45) is 17.6 Å². The van der Waals surface area contributed by atoms with Crippen molar-refractivity contribution in [2.75, 3.05) is 11.4 Å². The quantitative estimate of drug-likeness (QED) is 0.363. The smallest absolute Gasteiger partial charge is 0.230 e. The first kappa shape index (κ1) is 25.9. The summed E-state index contributed by atoms with van der Waals surface area (Å²) < 4.78 is 5.76. The van der Waals surface area contributed by atoms with Crippen LogP contribution in [0, 0.1) is 18.8 Å². The lowest BCUT2D eigenvalue weighted by atomic mass is 9.99. The second-order valence-corrected chi connectivity index (χ2v) is 10.4. The van der Waals surface area contributed by atoms with E-state index >= 15 is 0 Å². The fourth-order valence-corrected chi connectivity index (χ4v) is 4.61. The van der Waals surface area contributed by atoms with Crippen LogP contribution in [0.4, 0.5) is 5.69 Å². The maximum Gasteiger partial charge on any atom is 0.230 e. The summed E-state index contributed by atoms with van der Waals surface area (Å²) in [4.78, 5) is 20.3. The van der Waals surface area contributed by atoms with Gasteiger partial charge in [0, 0.05) is 41.5 Å². The number of nitrogens with zero attached hydrogens (tertiary/aromatic N) is 2. The number of benzene rings is 2. The normalized spacial score (nSPS) is 18.5. The lowest BCUT2D eigenvalue weighted by Crippen LogP contribution is -2.45. The second kappa shape index (κ2) is 11.3. The van der Waals surface area contributed by atoms with Crippen molar-refractivity contribution in [1.29, 1.82) is 0 Å². The summed E-state index contributed by atoms with van der Waals surface area (Å²) in [6, 6.07) is 22.3. The summed E-state index contributed by atoms with van der Waals surface area (Å²) >= 11 is 0. The maximum atomic E-state index is 13.7. The Bertz CT molecular complexity index is 1160. The van der Waals surface area contributed by atoms with Crippen LogP contribution >= 0.6 is 0 Å². The number of ether oxygens (including phenoxy) is 1. The standard InChI is InChI=1S/C31H39N3O2/c1-6-21(4)29(32)19-34(31(35)28-18-27(28)30-9-7-8-22(5)33-30)25-14-10-23(11-15-25)24-12-16-26(17-13-24)36-20(2)3/h7-17,20-21,27-29H,6,18-19,32H2,1-5H3/t21-,27-,28-,29+/m0/s1. The molecule has 190 valence electrons. The molecular weight excluding hydrogens is 446 g/mol. The lowest BCUT2D eigenvalue weighted by Gasteiger charge is -2.29. The van der Waals surface area contributed by atoms with Gasteiger partial charge < -0.3 is 15.4 Å². The predicted molar refractivity (Wildman–Crippen MR) is 147 cm³/mol. The number of carbonyl (C=O) groups excluding carboxylic acids is 1. The SMILES string of the molecule is CC[C@H](C)[C@H](N)CN(C(=O)[C@H]1C[C@@H]1c1cccc(C)n1)c1ccc(-c2ccc(OC(C)C)cc2)cc1. The molecule has 0 radical (unpaired) electrons. The first-order chi connectivity index (χ1) is 17.3. The number of aromatic nitrogens is 1. The van der Waals surface area contributed by atoms with Crippen molar-refractivity contribution in [2.45, 2.75) is 65.5 Å². The van der Waals surface area contributed by atoms with E-state index < -0.39 is 0 Å². The molecule has 0 saturated heterocycles. The van der Waals surface area contributed by atoms with Crippen LogP contribution in [0.5, 0.6) is 5.75 Å². The van der Waals surface area contributed by atoms with Gasteiger partial charge in [0.2, 0.25) is 5.91 Å². The average Bonchev–Trinajstić information content (AvgIpc) is 3.68. The third-order valence-corrected chi connectivity index (χ3v) is 7.17. The Morgan fingerprint density at radius 3 is 2.25 bits per heavy atom. The molecule has 2 N–H and O–H groups in total. The number of pyridine rings is 1. The van der Waals surface area contributed by atoms with Gasteiger partial charge in [0.15, 0.2) is 0 Å². The van der Waals surface area contributed by atoms with Crippen molar-refractivity contribution in [3.63, 3.8) is 0 Å². The fourth-order valence-electron chi connectivity index (χ4n) is 4.61. The van der Waals surface area contributed by atoms with E-state index in [0.717, 1.165) is 46.8 Å². The molecule has 1 fully saturated rings. The van der Waals surface area contributed by atoms with Gasteiger partial charge in [0.25, 0.3) is 0 Å². The van der Waals surface area contributed by atoms with Gasteiger partial charge in [0.05, 0.1) is 6.10 Å². The third-order valence-electron chi connectivity index (χ3n) is 7.17. The zero-order chi connectivity index (χ0) is 25.8. The lowest BCUT2D eigenvalue weighted by molar-refractivity contribution is -0.120. The number of nitrogens with two attached hydrogens (primary N) is 1. The minimum Gasteiger partial charge on any atom is -0.491 e. The summed E-state index contributed by atoms with van der Waals surface area (Å²) in [6.45, 7) is 10.8. The Labute approximate surface area is 215 Å². The third kappa shape index (κ3) is 6.14. The first-order valence-electron chi connectivity index (χ1n) is 13.1. The molecule has 1 aromatic heterocycles. The highest BCUT2D eigenvalue weighted by Gasteiger charge is 2.47. The Hall–Kier alpha value is -3.18. The molecule has 1 saturated carbocycles. The first-order valence-corrected chi connectivity index (χ1v) is 13.1. The molecule has 1 aliphatic rings. The Kier molecular flexibility index (Phi) is 8.10. The zero-order valence-corrected chi connectivity index (χ0v) is 22.1. The molecule has 1 amide bonds. The van der Waals surface area contributed by atoms with Crippen molar-refractivity contribution >= 4 is 11.6 Å². The molecule has 2 aromatic carbocycles. The van der Waals surface area contributed by atoms with Crippen molar-refractivity contribution < 1.29 is 9.53 Å². The minimum absolute atomic E-state index is 0.0448. The number of anilines is 1. The number of rotatable bonds is 10. The molecule has 5 nitrogen and oxygen atoms in total. The highest BCUT2D eigenvalue weighted by molar-refractivity contribution is 5.97. The molecule has 0 aliphatic heterocycles. The highest BCUT2D eigenvalue weighted by atomic mass is 16.5. The Morgan fingerprint density at radius 1 is 1.03 bits per heavy atom. The van der Waals surface area contributed by atoms with Crippen molar-refractivity contribution in [3.05, 3.63) is 78.1 Å². The molecular formula is C31H39N3O2. The van der Waals surface area contributed by atoms with Crippen LogP contribution in [0.25, 0.3) is 11.1 Å². The van der Waals surface area contributed by atoms with E-state index in [2.05, 4.69) is 43.1 Å². The van der Waals surface area contributed by atoms with Gasteiger partial charge in [-0.2, -0.15) is 0 Å². The van der Waals surface area contributed by atoms with Gasteiger partial charge in [-0.15, -0.1) is 0 Å². The van der Waals surface area contributed by atoms with Gasteiger partial charge in [-0.25, -0.2) is 0 Å². The second-order valence-electron chi connectivity index (χ2n) is 10.4. The van der Waals surface area contributed by atoms with Crippen LogP contribution in [-0.2, 0) is 4.79 Å². The highest BCUT2D eigenvalue weighted by Crippen LogP contribution is 2.48. The van der Waals surface area contributed by atoms with E-state index in [4.69, 9.17) is 10.5 Å². The average molecular weight is 486 g/mol. The maximum absolute atomic E-state index is 13.7. The molecule has 5 heteroatoms. The predicted octanol–water partition coefficient (Wildman–Crippen LogP) is 6.35. The van der Waals surface area contributed by atoms with E-state index in [-0.39, 0.29) is 29.9 Å². The molecule has 0 spiro atoms. The number of aryl methyl sites for hydroxylation is 1. The number of hydrogen-bond acceptors (Lipinski definition) is 4.